The Morgan fingerprint density at radius 2 is 2.00 bits per heavy atom. The molecule has 0 saturated heterocycles. The van der Waals surface area contributed by atoms with Gasteiger partial charge in [-0.1, -0.05) is 18.2 Å². The van der Waals surface area contributed by atoms with E-state index in [0.717, 1.165) is 4.90 Å². The monoisotopic (exact) mass is 241 g/mol. The number of hydroxylamine groups is 1. The van der Waals surface area contributed by atoms with Gasteiger partial charge in [0.25, 0.3) is 5.91 Å². The van der Waals surface area contributed by atoms with E-state index in [9.17, 15) is 9.59 Å². The number of carbonyl (C=O) groups is 2. The lowest BCUT2D eigenvalue weighted by Gasteiger charge is -2.03. The van der Waals surface area contributed by atoms with Crippen molar-refractivity contribution in [3.63, 3.8) is 0 Å². The summed E-state index contributed by atoms with van der Waals surface area (Å²) < 4.78 is 0. The molecule has 0 aliphatic heterocycles. The first kappa shape index (κ1) is 12.5. The van der Waals surface area contributed by atoms with Crippen LogP contribution in [0.3, 0.4) is 0 Å². The number of nitrogens with one attached hydrogen (secondary N) is 1. The van der Waals surface area contributed by atoms with Crippen LogP contribution in [-0.2, 0) is 14.4 Å². The van der Waals surface area contributed by atoms with Crippen molar-refractivity contribution in [3.8, 4) is 0 Å². The van der Waals surface area contributed by atoms with Crippen LogP contribution in [0, 0.1) is 0 Å². The minimum atomic E-state index is -1.13. The molecule has 0 heterocycles. The smallest absolute Gasteiger partial charge is 0.332 e. The van der Waals surface area contributed by atoms with Crippen molar-refractivity contribution in [1.82, 2.24) is 5.48 Å². The largest absolute Gasteiger partial charge is 0.479 e. The third-order valence-electron chi connectivity index (χ3n) is 1.49. The minimum Gasteiger partial charge on any atom is -0.479 e. The zero-order valence-electron chi connectivity index (χ0n) is 8.38. The quantitative estimate of drug-likeness (QED) is 0.572. The lowest BCUT2D eigenvalue weighted by atomic mass is 10.4. The molecule has 86 valence electrons. The Kier molecular flexibility index (Phi) is 5.38. The summed E-state index contributed by atoms with van der Waals surface area (Å²) >= 11 is 1.35. The molecular weight excluding hydrogens is 230 g/mol. The Bertz CT molecular complexity index is 355. The second kappa shape index (κ2) is 6.86. The van der Waals surface area contributed by atoms with E-state index in [4.69, 9.17) is 5.11 Å². The molecule has 0 aliphatic carbocycles. The summed E-state index contributed by atoms with van der Waals surface area (Å²) in [6.45, 7) is -0.540. The lowest BCUT2D eigenvalue weighted by molar-refractivity contribution is -0.148. The molecular formula is C10H11NO4S. The second-order valence-corrected chi connectivity index (χ2v) is 3.86. The van der Waals surface area contributed by atoms with Gasteiger partial charge in [-0.15, -0.1) is 11.8 Å². The first-order valence-electron chi connectivity index (χ1n) is 4.49. The van der Waals surface area contributed by atoms with E-state index in [1.165, 1.54) is 11.8 Å². The van der Waals surface area contributed by atoms with Crippen molar-refractivity contribution < 1.29 is 19.5 Å². The predicted molar refractivity (Wildman–Crippen MR) is 58.9 cm³/mol. The Morgan fingerprint density at radius 1 is 1.31 bits per heavy atom. The van der Waals surface area contributed by atoms with E-state index in [2.05, 4.69) is 4.84 Å². The van der Waals surface area contributed by atoms with Gasteiger partial charge in [0.05, 0.1) is 5.75 Å². The molecule has 0 bridgehead atoms. The fraction of sp³-hybridized carbons (Fsp3) is 0.200. The molecule has 2 N–H and O–H groups in total. The zero-order chi connectivity index (χ0) is 11.8. The van der Waals surface area contributed by atoms with E-state index in [-0.39, 0.29) is 11.7 Å². The van der Waals surface area contributed by atoms with Crippen LogP contribution in [0.5, 0.6) is 0 Å². The SMILES string of the molecule is O=C(O)CONC(=O)CSc1ccccc1. The molecule has 0 saturated carbocycles. The molecule has 1 rings (SSSR count). The summed E-state index contributed by atoms with van der Waals surface area (Å²) in [6.07, 6.45) is 0. The Morgan fingerprint density at radius 3 is 2.62 bits per heavy atom. The third-order valence-corrected chi connectivity index (χ3v) is 2.51. The lowest BCUT2D eigenvalue weighted by Crippen LogP contribution is -2.27. The van der Waals surface area contributed by atoms with Crippen LogP contribution >= 0.6 is 11.8 Å². The van der Waals surface area contributed by atoms with Crippen LogP contribution in [0.1, 0.15) is 0 Å². The first-order valence-corrected chi connectivity index (χ1v) is 5.47. The Labute approximate surface area is 96.7 Å². The normalized spacial score (nSPS) is 9.75. The Hall–Kier alpha value is -1.53. The van der Waals surface area contributed by atoms with Crippen LogP contribution in [-0.4, -0.2) is 29.3 Å². The van der Waals surface area contributed by atoms with Crippen molar-refractivity contribution in [3.05, 3.63) is 30.3 Å². The van der Waals surface area contributed by atoms with Gasteiger partial charge < -0.3 is 5.11 Å². The number of carboxylic acids is 1. The van der Waals surface area contributed by atoms with Gasteiger partial charge in [0.2, 0.25) is 0 Å². The minimum absolute atomic E-state index is 0.184. The molecule has 16 heavy (non-hydrogen) atoms. The highest BCUT2D eigenvalue weighted by Crippen LogP contribution is 2.15. The number of thioether (sulfide) groups is 1. The standard InChI is InChI=1S/C10H11NO4S/c12-9(11-15-6-10(13)14)7-16-8-4-2-1-3-5-8/h1-5H,6-7H2,(H,11,12)(H,13,14). The number of rotatable bonds is 6. The molecule has 0 aliphatic rings. The van der Waals surface area contributed by atoms with Crippen LogP contribution in [0.15, 0.2) is 35.2 Å². The van der Waals surface area contributed by atoms with E-state index in [0.29, 0.717) is 0 Å². The number of benzene rings is 1. The highest BCUT2D eigenvalue weighted by atomic mass is 32.2. The molecule has 6 heteroatoms. The third kappa shape index (κ3) is 5.38. The molecule has 1 aromatic carbocycles. The summed E-state index contributed by atoms with van der Waals surface area (Å²) in [5, 5.41) is 8.25. The number of hydrogen-bond acceptors (Lipinski definition) is 4. The van der Waals surface area contributed by atoms with Gasteiger partial charge in [0, 0.05) is 4.90 Å². The van der Waals surface area contributed by atoms with Gasteiger partial charge in [-0.3, -0.25) is 9.63 Å². The maximum Gasteiger partial charge on any atom is 0.332 e. The van der Waals surface area contributed by atoms with Gasteiger partial charge in [0.1, 0.15) is 0 Å². The average molecular weight is 241 g/mol. The maximum atomic E-state index is 11.1. The molecule has 0 fully saturated rings. The van der Waals surface area contributed by atoms with E-state index in [1.54, 1.807) is 0 Å². The summed E-state index contributed by atoms with van der Waals surface area (Å²) in [7, 11) is 0. The molecule has 0 unspecified atom stereocenters. The van der Waals surface area contributed by atoms with Crippen molar-refractivity contribution >= 4 is 23.6 Å². The van der Waals surface area contributed by atoms with Gasteiger partial charge in [-0.05, 0) is 12.1 Å². The fourth-order valence-corrected chi connectivity index (χ4v) is 1.58. The topological polar surface area (TPSA) is 75.6 Å². The number of hydrogen-bond donors (Lipinski definition) is 2. The summed E-state index contributed by atoms with van der Waals surface area (Å²) in [4.78, 5) is 26.6. The highest BCUT2D eigenvalue weighted by Gasteiger charge is 2.03. The summed E-state index contributed by atoms with van der Waals surface area (Å²) in [5.74, 6) is -1.31. The van der Waals surface area contributed by atoms with Crippen LogP contribution in [0.4, 0.5) is 0 Å². The first-order chi connectivity index (χ1) is 7.68. The van der Waals surface area contributed by atoms with Gasteiger partial charge in [-0.2, -0.15) is 0 Å². The molecule has 5 nitrogen and oxygen atoms in total. The van der Waals surface area contributed by atoms with E-state index in [1.807, 2.05) is 35.8 Å². The van der Waals surface area contributed by atoms with E-state index >= 15 is 0 Å². The number of amides is 1. The van der Waals surface area contributed by atoms with Crippen molar-refractivity contribution in [1.29, 1.82) is 0 Å². The zero-order valence-corrected chi connectivity index (χ0v) is 9.20. The molecule has 1 amide bonds. The van der Waals surface area contributed by atoms with Crippen molar-refractivity contribution in [2.75, 3.05) is 12.4 Å². The number of carbonyl (C=O) groups excluding carboxylic acids is 1. The number of aliphatic carboxylic acids is 1. The molecule has 0 aromatic heterocycles. The van der Waals surface area contributed by atoms with Crippen LogP contribution < -0.4 is 5.48 Å². The predicted octanol–water partition coefficient (Wildman–Crippen LogP) is 0.911. The van der Waals surface area contributed by atoms with Crippen molar-refractivity contribution in [2.24, 2.45) is 0 Å². The van der Waals surface area contributed by atoms with Crippen LogP contribution in [0.25, 0.3) is 0 Å². The van der Waals surface area contributed by atoms with Gasteiger partial charge in [-0.25, -0.2) is 10.3 Å². The maximum absolute atomic E-state index is 11.1. The summed E-state index contributed by atoms with van der Waals surface area (Å²) in [6, 6.07) is 9.41. The fourth-order valence-electron chi connectivity index (χ4n) is 0.873. The van der Waals surface area contributed by atoms with Gasteiger partial charge >= 0.3 is 5.97 Å². The molecule has 0 atom stereocenters. The summed E-state index contributed by atoms with van der Waals surface area (Å²) in [5.41, 5.74) is 2.04. The number of carboxylic acid groups (broad SMARTS) is 1. The van der Waals surface area contributed by atoms with Gasteiger partial charge in [0.15, 0.2) is 6.61 Å². The average Bonchev–Trinajstić information content (AvgIpc) is 2.27. The Balaban J connectivity index is 2.18. The second-order valence-electron chi connectivity index (χ2n) is 2.81. The van der Waals surface area contributed by atoms with Crippen molar-refractivity contribution in [2.45, 2.75) is 4.90 Å². The molecule has 1 aromatic rings. The highest BCUT2D eigenvalue weighted by molar-refractivity contribution is 8.00. The molecule has 0 radical (unpaired) electrons. The van der Waals surface area contributed by atoms with E-state index < -0.39 is 12.6 Å². The molecule has 0 spiro atoms. The van der Waals surface area contributed by atoms with Crippen LogP contribution in [0.2, 0.25) is 0 Å².